The van der Waals surface area contributed by atoms with Crippen molar-refractivity contribution >= 4 is 51.3 Å². The van der Waals surface area contributed by atoms with Gasteiger partial charge in [0.25, 0.3) is 12.0 Å². The van der Waals surface area contributed by atoms with E-state index in [1.807, 2.05) is 0 Å². The maximum absolute atomic E-state index is 14.2. The van der Waals surface area contributed by atoms with Gasteiger partial charge in [0.15, 0.2) is 29.1 Å². The topological polar surface area (TPSA) is 187 Å². The molecule has 1 saturated heterocycles. The number of rotatable bonds is 18. The second-order valence-corrected chi connectivity index (χ2v) is 13.2. The summed E-state index contributed by atoms with van der Waals surface area (Å²) in [6.45, 7) is 1.73. The van der Waals surface area contributed by atoms with Crippen LogP contribution in [0, 0.1) is 15.9 Å². The lowest BCUT2D eigenvalue weighted by Crippen LogP contribution is -2.43. The van der Waals surface area contributed by atoms with Crippen LogP contribution in [-0.4, -0.2) is 79.9 Å². The van der Waals surface area contributed by atoms with Crippen molar-refractivity contribution in [2.75, 3.05) is 57.0 Å². The summed E-state index contributed by atoms with van der Waals surface area (Å²) < 4.78 is 49.0. The fraction of sp³-hybridized carbons (Fsp3) is 0.308. The molecule has 0 radical (unpaired) electrons. The van der Waals surface area contributed by atoms with Gasteiger partial charge >= 0.3 is 0 Å². The lowest BCUT2D eigenvalue weighted by Gasteiger charge is -2.26. The molecule has 0 aliphatic carbocycles. The Morgan fingerprint density at radius 3 is 2.59 bits per heavy atom. The van der Waals surface area contributed by atoms with Crippen LogP contribution in [0.5, 0.6) is 23.0 Å². The quantitative estimate of drug-likeness (QED) is 0.0558. The third kappa shape index (κ3) is 9.79. The number of carbonyl (C=O) groups is 1. The molecule has 0 bridgehead atoms. The molecule has 2 atom stereocenters. The molecule has 0 saturated carbocycles. The predicted molar refractivity (Wildman–Crippen MR) is 207 cm³/mol. The van der Waals surface area contributed by atoms with Crippen molar-refractivity contribution in [2.24, 2.45) is 0 Å². The summed E-state index contributed by atoms with van der Waals surface area (Å²) in [4.78, 5) is 44.5. The number of methoxy groups -OCH3 is 1. The van der Waals surface area contributed by atoms with Gasteiger partial charge < -0.3 is 38.6 Å². The van der Waals surface area contributed by atoms with E-state index in [0.717, 1.165) is 5.56 Å². The maximum atomic E-state index is 14.2. The Morgan fingerprint density at radius 2 is 1.83 bits per heavy atom. The first-order valence-electron chi connectivity index (χ1n) is 18.1. The Morgan fingerprint density at radius 1 is 1.02 bits per heavy atom. The summed E-state index contributed by atoms with van der Waals surface area (Å²) in [6, 6.07) is 19.1. The molecule has 1 amide bonds. The minimum Gasteiger partial charge on any atom is -0.493 e. The lowest BCUT2D eigenvalue weighted by atomic mass is 10.1. The lowest BCUT2D eigenvalue weighted by molar-refractivity contribution is -0.384. The van der Waals surface area contributed by atoms with Gasteiger partial charge in [-0.2, -0.15) is 0 Å². The van der Waals surface area contributed by atoms with Gasteiger partial charge in [0.05, 0.1) is 67.7 Å². The van der Waals surface area contributed by atoms with E-state index in [1.54, 1.807) is 53.4 Å². The Bertz CT molecular complexity index is 2230. The maximum Gasteiger partial charge on any atom is 0.269 e. The molecular weight excluding hydrogens is 783 g/mol. The van der Waals surface area contributed by atoms with Gasteiger partial charge in [-0.1, -0.05) is 35.4 Å². The highest BCUT2D eigenvalue weighted by atomic mass is 35.5. The summed E-state index contributed by atoms with van der Waals surface area (Å²) >= 11 is 6.19. The highest BCUT2D eigenvalue weighted by Crippen LogP contribution is 2.43. The third-order valence-corrected chi connectivity index (χ3v) is 9.27. The summed E-state index contributed by atoms with van der Waals surface area (Å²) in [5, 5.41) is 14.6. The van der Waals surface area contributed by atoms with Crippen LogP contribution in [0.25, 0.3) is 10.9 Å². The van der Waals surface area contributed by atoms with E-state index in [2.05, 4.69) is 20.9 Å². The number of nitro benzene ring substituents is 1. The van der Waals surface area contributed by atoms with Crippen molar-refractivity contribution in [3.63, 3.8) is 0 Å². The number of nitrogens with one attached hydrogen (secondary N) is 2. The van der Waals surface area contributed by atoms with E-state index in [0.29, 0.717) is 64.1 Å². The number of hydrogen-bond donors (Lipinski definition) is 2. The van der Waals surface area contributed by atoms with E-state index in [1.165, 1.54) is 37.7 Å². The molecule has 3 heterocycles. The molecule has 0 spiro atoms. The van der Waals surface area contributed by atoms with Crippen LogP contribution < -0.4 is 34.8 Å². The first kappa shape index (κ1) is 40.3. The van der Waals surface area contributed by atoms with Crippen molar-refractivity contribution in [1.29, 1.82) is 0 Å². The van der Waals surface area contributed by atoms with Crippen molar-refractivity contribution in [3.8, 4) is 23.0 Å². The summed E-state index contributed by atoms with van der Waals surface area (Å²) in [7, 11) is 1.51. The minimum atomic E-state index is -0.677. The molecule has 2 aliphatic heterocycles. The molecule has 19 heteroatoms. The summed E-state index contributed by atoms with van der Waals surface area (Å²) in [5.41, 5.74) is 4.60. The van der Waals surface area contributed by atoms with Crippen LogP contribution in [0.1, 0.15) is 18.4 Å². The van der Waals surface area contributed by atoms with Crippen molar-refractivity contribution in [1.82, 2.24) is 15.6 Å². The zero-order chi connectivity index (χ0) is 40.4. The number of non-ortho nitro benzene ring substituents is 1. The van der Waals surface area contributed by atoms with E-state index >= 15 is 0 Å². The number of aromatic nitrogens is 2. The molecular formula is C39H38ClFN6O11. The number of ether oxygens (including phenoxy) is 6. The number of halogens is 2. The Hall–Kier alpha value is -5.89. The first-order chi connectivity index (χ1) is 28.3. The second-order valence-electron chi connectivity index (χ2n) is 12.8. The van der Waals surface area contributed by atoms with Crippen LogP contribution in [0.2, 0.25) is 5.02 Å². The standard InChI is InChI=1S/C39H38ClFN6O11/c1-51-34-21-31-27(38(43-23-42-31)46(26-9-10-29(41)28(40)19-26)22-24-5-7-25(8-6-24)47(49)50)20-35(34)54-18-17-53-16-15-52-13-12-36(48)44-30-3-2-4-32-37(30)57-39(56-32)33-11-14-55-45-58-33/h2-10,19-21,23,33,39,45H,11-18,22H2,1H3,(H,44,48). The number of hydrogen-bond acceptors (Lipinski definition) is 15. The van der Waals surface area contributed by atoms with Gasteiger partial charge in [-0.3, -0.25) is 24.6 Å². The summed E-state index contributed by atoms with van der Waals surface area (Å²) in [5.74, 6) is 1.36. The number of para-hydroxylation sites is 1. The van der Waals surface area contributed by atoms with Gasteiger partial charge in [-0.25, -0.2) is 14.4 Å². The Kier molecular flexibility index (Phi) is 13.2. The highest BCUT2D eigenvalue weighted by Gasteiger charge is 2.36. The normalized spacial score (nSPS) is 15.9. The van der Waals surface area contributed by atoms with Gasteiger partial charge in [-0.15, -0.1) is 0 Å². The zero-order valence-electron chi connectivity index (χ0n) is 31.1. The van der Waals surface area contributed by atoms with E-state index in [4.69, 9.17) is 49.7 Å². The van der Waals surface area contributed by atoms with Crippen molar-refractivity contribution < 1.29 is 52.2 Å². The van der Waals surface area contributed by atoms with Crippen molar-refractivity contribution in [3.05, 3.63) is 106 Å². The predicted octanol–water partition coefficient (Wildman–Crippen LogP) is 6.44. The Balaban J connectivity index is 0.908. The van der Waals surface area contributed by atoms with Gasteiger partial charge in [-0.05, 0) is 42.0 Å². The van der Waals surface area contributed by atoms with E-state index in [-0.39, 0.29) is 68.7 Å². The Labute approximate surface area is 335 Å². The SMILES string of the molecule is COc1cc2ncnc(N(Cc3ccc([N+](=O)[O-])cc3)c3ccc(F)c(Cl)c3)c2cc1OCCOCCOCCC(=O)Nc1cccc2c1OC(C1CCONO1)O2. The third-order valence-electron chi connectivity index (χ3n) is 8.99. The smallest absolute Gasteiger partial charge is 0.269 e. The second kappa shape index (κ2) is 19.0. The molecule has 2 N–H and O–H groups in total. The number of amides is 1. The highest BCUT2D eigenvalue weighted by molar-refractivity contribution is 6.31. The monoisotopic (exact) mass is 820 g/mol. The number of benzene rings is 4. The molecule has 5 aromatic rings. The molecule has 7 rings (SSSR count). The molecule has 58 heavy (non-hydrogen) atoms. The average Bonchev–Trinajstić information content (AvgIpc) is 3.69. The fourth-order valence-electron chi connectivity index (χ4n) is 6.10. The number of nitro groups is 1. The van der Waals surface area contributed by atoms with E-state index < -0.39 is 17.0 Å². The number of fused-ring (bicyclic) bond motifs is 2. The molecule has 2 aliphatic rings. The van der Waals surface area contributed by atoms with Crippen LogP contribution in [0.4, 0.5) is 27.3 Å². The molecule has 4 aromatic carbocycles. The largest absolute Gasteiger partial charge is 0.493 e. The van der Waals surface area contributed by atoms with Crippen LogP contribution in [0.15, 0.2) is 79.1 Å². The van der Waals surface area contributed by atoms with Gasteiger partial charge in [0.2, 0.25) is 5.91 Å². The molecule has 17 nitrogen and oxygen atoms in total. The fourth-order valence-corrected chi connectivity index (χ4v) is 6.28. The number of anilines is 3. The number of carbonyl (C=O) groups excluding carboxylic acids is 1. The molecule has 304 valence electrons. The van der Waals surface area contributed by atoms with Gasteiger partial charge in [0, 0.05) is 42.2 Å². The molecule has 1 aromatic heterocycles. The summed E-state index contributed by atoms with van der Waals surface area (Å²) in [6.07, 6.45) is 1.02. The van der Waals surface area contributed by atoms with Crippen LogP contribution >= 0.6 is 11.6 Å². The zero-order valence-corrected chi connectivity index (χ0v) is 31.8. The van der Waals surface area contributed by atoms with Crippen LogP contribution in [0.3, 0.4) is 0 Å². The molecule has 2 unspecified atom stereocenters. The van der Waals surface area contributed by atoms with Gasteiger partial charge in [0.1, 0.15) is 24.6 Å². The number of nitrogens with zero attached hydrogens (tertiary/aromatic N) is 4. The van der Waals surface area contributed by atoms with Crippen LogP contribution in [-0.2, 0) is 30.5 Å². The first-order valence-corrected chi connectivity index (χ1v) is 18.5. The molecule has 1 fully saturated rings. The average molecular weight is 821 g/mol. The van der Waals surface area contributed by atoms with Crippen molar-refractivity contribution in [2.45, 2.75) is 31.8 Å². The minimum absolute atomic E-state index is 0.0494. The van der Waals surface area contributed by atoms with E-state index in [9.17, 15) is 19.3 Å².